The predicted molar refractivity (Wildman–Crippen MR) is 55.7 cm³/mol. The first-order chi connectivity index (χ1) is 6.27. The van der Waals surface area contributed by atoms with Crippen LogP contribution in [0.3, 0.4) is 0 Å². The number of halogens is 1. The number of nitrogens with zero attached hydrogens (tertiary/aromatic N) is 2. The molecule has 0 aliphatic carbocycles. The number of piperidine rings is 1. The Kier molecular flexibility index (Phi) is 3.89. The first-order valence-electron chi connectivity index (χ1n) is 4.81. The molecule has 1 aliphatic rings. The van der Waals surface area contributed by atoms with Gasteiger partial charge in [0.05, 0.1) is 5.92 Å². The molecule has 0 radical (unpaired) electrons. The van der Waals surface area contributed by atoms with E-state index < -0.39 is 0 Å². The summed E-state index contributed by atoms with van der Waals surface area (Å²) in [6.07, 6.45) is 2.34. The van der Waals surface area contributed by atoms with E-state index in [2.05, 4.69) is 22.4 Å². The Balaban J connectivity index is 0.000000980. The molecule has 0 unspecified atom stereocenters. The Labute approximate surface area is 89.9 Å². The quantitative estimate of drug-likeness (QED) is 0.778. The van der Waals surface area contributed by atoms with Gasteiger partial charge in [-0.2, -0.15) is 0 Å². The molecule has 14 heavy (non-hydrogen) atoms. The zero-order valence-corrected chi connectivity index (χ0v) is 9.30. The van der Waals surface area contributed by atoms with Gasteiger partial charge in [-0.25, -0.2) is 0 Å². The summed E-state index contributed by atoms with van der Waals surface area (Å²) < 4.78 is 5.43. The highest BCUT2D eigenvalue weighted by atomic mass is 35.5. The Morgan fingerprint density at radius 3 is 2.79 bits per heavy atom. The van der Waals surface area contributed by atoms with Crippen molar-refractivity contribution in [3.8, 4) is 0 Å². The summed E-state index contributed by atoms with van der Waals surface area (Å²) in [5, 5.41) is 11.3. The Morgan fingerprint density at radius 2 is 2.21 bits per heavy atom. The topological polar surface area (TPSA) is 51.0 Å². The smallest absolute Gasteiger partial charge is 0.221 e. The normalized spacial score (nSPS) is 27.0. The summed E-state index contributed by atoms with van der Waals surface area (Å²) >= 11 is 0. The second kappa shape index (κ2) is 4.75. The highest BCUT2D eigenvalue weighted by molar-refractivity contribution is 5.85. The molecule has 2 heterocycles. The first-order valence-corrected chi connectivity index (χ1v) is 4.81. The van der Waals surface area contributed by atoms with Crippen molar-refractivity contribution >= 4 is 12.4 Å². The van der Waals surface area contributed by atoms with Gasteiger partial charge in [0.2, 0.25) is 11.8 Å². The maximum Gasteiger partial charge on any atom is 0.221 e. The van der Waals surface area contributed by atoms with Crippen LogP contribution in [0.1, 0.15) is 37.5 Å². The van der Waals surface area contributed by atoms with Gasteiger partial charge in [0.25, 0.3) is 0 Å². The van der Waals surface area contributed by atoms with E-state index in [4.69, 9.17) is 4.42 Å². The monoisotopic (exact) mass is 217 g/mol. The summed E-state index contributed by atoms with van der Waals surface area (Å²) in [6, 6.07) is 0.452. The van der Waals surface area contributed by atoms with Gasteiger partial charge in [0.1, 0.15) is 0 Å². The van der Waals surface area contributed by atoms with Gasteiger partial charge < -0.3 is 9.73 Å². The molecule has 1 fully saturated rings. The van der Waals surface area contributed by atoms with E-state index in [0.717, 1.165) is 18.9 Å². The van der Waals surface area contributed by atoms with Crippen molar-refractivity contribution in [1.82, 2.24) is 15.5 Å². The van der Waals surface area contributed by atoms with Crippen LogP contribution in [-0.2, 0) is 0 Å². The fourth-order valence-electron chi connectivity index (χ4n) is 1.84. The van der Waals surface area contributed by atoms with E-state index in [-0.39, 0.29) is 12.4 Å². The average Bonchev–Trinajstić information content (AvgIpc) is 2.53. The molecule has 1 aromatic heterocycles. The number of hydrogen-bond acceptors (Lipinski definition) is 4. The van der Waals surface area contributed by atoms with Gasteiger partial charge in [-0.1, -0.05) is 0 Å². The van der Waals surface area contributed by atoms with Crippen LogP contribution in [0.25, 0.3) is 0 Å². The van der Waals surface area contributed by atoms with Gasteiger partial charge in [-0.15, -0.1) is 22.6 Å². The van der Waals surface area contributed by atoms with Crippen LogP contribution in [0.2, 0.25) is 0 Å². The Hall–Kier alpha value is -0.610. The standard InChI is InChI=1S/C9H15N3O.ClH/c1-6-8(4-3-5-10-6)9-12-11-7(2)13-9;/h6,8,10H,3-5H2,1-2H3;1H/t6-,8-;/m1./s1. The van der Waals surface area contributed by atoms with Crippen molar-refractivity contribution in [3.63, 3.8) is 0 Å². The minimum atomic E-state index is 0. The lowest BCUT2D eigenvalue weighted by Gasteiger charge is -2.26. The first kappa shape index (κ1) is 11.5. The molecule has 2 rings (SSSR count). The van der Waals surface area contributed by atoms with E-state index in [1.54, 1.807) is 0 Å². The third-order valence-corrected chi connectivity index (χ3v) is 2.62. The lowest BCUT2D eigenvalue weighted by atomic mass is 9.92. The summed E-state index contributed by atoms with van der Waals surface area (Å²) in [5.74, 6) is 1.85. The third-order valence-electron chi connectivity index (χ3n) is 2.62. The summed E-state index contributed by atoms with van der Waals surface area (Å²) in [7, 11) is 0. The summed E-state index contributed by atoms with van der Waals surface area (Å²) in [5.41, 5.74) is 0. The Morgan fingerprint density at radius 1 is 1.43 bits per heavy atom. The maximum absolute atomic E-state index is 5.43. The van der Waals surface area contributed by atoms with Crippen LogP contribution in [0.15, 0.2) is 4.42 Å². The van der Waals surface area contributed by atoms with Crippen LogP contribution in [-0.4, -0.2) is 22.8 Å². The van der Waals surface area contributed by atoms with Crippen LogP contribution in [0.5, 0.6) is 0 Å². The van der Waals surface area contributed by atoms with E-state index in [0.29, 0.717) is 17.9 Å². The minimum absolute atomic E-state index is 0. The molecule has 0 spiro atoms. The molecular formula is C9H16ClN3O. The molecule has 2 atom stereocenters. The fourth-order valence-corrected chi connectivity index (χ4v) is 1.84. The second-order valence-corrected chi connectivity index (χ2v) is 3.65. The highest BCUT2D eigenvalue weighted by Gasteiger charge is 2.26. The molecule has 0 bridgehead atoms. The van der Waals surface area contributed by atoms with Crippen molar-refractivity contribution in [3.05, 3.63) is 11.8 Å². The molecule has 1 aromatic rings. The van der Waals surface area contributed by atoms with Gasteiger partial charge >= 0.3 is 0 Å². The van der Waals surface area contributed by atoms with Crippen LogP contribution < -0.4 is 5.32 Å². The largest absolute Gasteiger partial charge is 0.425 e. The van der Waals surface area contributed by atoms with Crippen LogP contribution >= 0.6 is 12.4 Å². The zero-order chi connectivity index (χ0) is 9.26. The van der Waals surface area contributed by atoms with Gasteiger partial charge in [0, 0.05) is 13.0 Å². The third kappa shape index (κ3) is 2.25. The molecule has 80 valence electrons. The van der Waals surface area contributed by atoms with Crippen molar-refractivity contribution in [2.24, 2.45) is 0 Å². The van der Waals surface area contributed by atoms with Crippen molar-refractivity contribution in [1.29, 1.82) is 0 Å². The second-order valence-electron chi connectivity index (χ2n) is 3.65. The Bertz CT molecular complexity index is 289. The van der Waals surface area contributed by atoms with E-state index in [9.17, 15) is 0 Å². The number of aryl methyl sites for hydroxylation is 1. The number of hydrogen-bond donors (Lipinski definition) is 1. The van der Waals surface area contributed by atoms with Crippen molar-refractivity contribution < 1.29 is 4.42 Å². The van der Waals surface area contributed by atoms with Gasteiger partial charge in [-0.3, -0.25) is 0 Å². The molecule has 1 N–H and O–H groups in total. The maximum atomic E-state index is 5.43. The minimum Gasteiger partial charge on any atom is -0.425 e. The van der Waals surface area contributed by atoms with Gasteiger partial charge in [0.15, 0.2) is 0 Å². The summed E-state index contributed by atoms with van der Waals surface area (Å²) in [4.78, 5) is 0. The average molecular weight is 218 g/mol. The van der Waals surface area contributed by atoms with Gasteiger partial charge in [-0.05, 0) is 26.3 Å². The lowest BCUT2D eigenvalue weighted by molar-refractivity contribution is 0.312. The van der Waals surface area contributed by atoms with E-state index >= 15 is 0 Å². The van der Waals surface area contributed by atoms with Crippen LogP contribution in [0, 0.1) is 6.92 Å². The zero-order valence-electron chi connectivity index (χ0n) is 8.49. The van der Waals surface area contributed by atoms with E-state index in [1.165, 1.54) is 6.42 Å². The predicted octanol–water partition coefficient (Wildman–Crippen LogP) is 1.66. The van der Waals surface area contributed by atoms with Crippen molar-refractivity contribution in [2.75, 3.05) is 6.54 Å². The SMILES string of the molecule is Cc1nnc([C@@H]2CCCN[C@@H]2C)o1.Cl. The summed E-state index contributed by atoms with van der Waals surface area (Å²) in [6.45, 7) is 5.10. The molecule has 1 saturated heterocycles. The molecule has 0 aromatic carbocycles. The molecular weight excluding hydrogens is 202 g/mol. The molecule has 1 aliphatic heterocycles. The highest BCUT2D eigenvalue weighted by Crippen LogP contribution is 2.26. The number of rotatable bonds is 1. The van der Waals surface area contributed by atoms with E-state index in [1.807, 2.05) is 6.92 Å². The lowest BCUT2D eigenvalue weighted by Crippen LogP contribution is -2.37. The molecule has 5 heteroatoms. The molecule has 0 amide bonds. The number of nitrogens with one attached hydrogen (secondary N) is 1. The van der Waals surface area contributed by atoms with Crippen molar-refractivity contribution in [2.45, 2.75) is 38.6 Å². The number of aromatic nitrogens is 2. The molecule has 4 nitrogen and oxygen atoms in total. The van der Waals surface area contributed by atoms with Crippen LogP contribution in [0.4, 0.5) is 0 Å². The fraction of sp³-hybridized carbons (Fsp3) is 0.778. The molecule has 0 saturated carbocycles.